The average Bonchev–Trinajstić information content (AvgIpc) is 2.37. The summed E-state index contributed by atoms with van der Waals surface area (Å²) in [7, 11) is -3.27. The van der Waals surface area contributed by atoms with Gasteiger partial charge in [-0.2, -0.15) is 0 Å². The number of sulfonamides is 1. The molecular formula is C12H18N4O3S. The number of aromatic nitrogens is 1. The summed E-state index contributed by atoms with van der Waals surface area (Å²) < 4.78 is 25.0. The average molecular weight is 298 g/mol. The number of carbonyl (C=O) groups excluding carboxylic acids is 1. The molecule has 2 heterocycles. The summed E-state index contributed by atoms with van der Waals surface area (Å²) in [5.41, 5.74) is 6.29. The minimum Gasteiger partial charge on any atom is -0.397 e. The van der Waals surface area contributed by atoms with Crippen molar-refractivity contribution < 1.29 is 13.2 Å². The van der Waals surface area contributed by atoms with E-state index in [4.69, 9.17) is 5.73 Å². The fourth-order valence-electron chi connectivity index (χ4n) is 2.31. The maximum atomic E-state index is 12.3. The highest BCUT2D eigenvalue weighted by Crippen LogP contribution is 2.16. The quantitative estimate of drug-likeness (QED) is 0.805. The predicted molar refractivity (Wildman–Crippen MR) is 75.6 cm³/mol. The number of anilines is 1. The number of pyridine rings is 1. The molecule has 1 aliphatic rings. The summed E-state index contributed by atoms with van der Waals surface area (Å²) in [6, 6.07) is 3.03. The van der Waals surface area contributed by atoms with E-state index in [1.807, 2.05) is 0 Å². The van der Waals surface area contributed by atoms with Crippen LogP contribution in [0.25, 0.3) is 0 Å². The van der Waals surface area contributed by atoms with Gasteiger partial charge in [0.05, 0.1) is 11.9 Å². The van der Waals surface area contributed by atoms with E-state index < -0.39 is 10.0 Å². The van der Waals surface area contributed by atoms with Crippen molar-refractivity contribution in [1.82, 2.24) is 14.6 Å². The van der Waals surface area contributed by atoms with E-state index in [0.717, 1.165) is 12.7 Å². The Hall–Kier alpha value is -1.67. The van der Waals surface area contributed by atoms with Crippen molar-refractivity contribution >= 4 is 21.6 Å². The van der Waals surface area contributed by atoms with Crippen LogP contribution in [0.3, 0.4) is 0 Å². The maximum absolute atomic E-state index is 12.3. The van der Waals surface area contributed by atoms with Crippen molar-refractivity contribution in [3.8, 4) is 0 Å². The zero-order chi connectivity index (χ0) is 14.8. The lowest BCUT2D eigenvalue weighted by atomic mass is 10.1. The van der Waals surface area contributed by atoms with Gasteiger partial charge in [-0.3, -0.25) is 4.79 Å². The van der Waals surface area contributed by atoms with Crippen LogP contribution >= 0.6 is 0 Å². The van der Waals surface area contributed by atoms with Gasteiger partial charge in [-0.25, -0.2) is 18.1 Å². The van der Waals surface area contributed by atoms with Crippen LogP contribution in [0.2, 0.25) is 0 Å². The molecule has 1 aliphatic heterocycles. The normalized spacial score (nSPS) is 19.9. The molecule has 110 valence electrons. The lowest BCUT2D eigenvalue weighted by molar-refractivity contribution is 0.0698. The third kappa shape index (κ3) is 3.67. The van der Waals surface area contributed by atoms with Crippen LogP contribution in [-0.4, -0.2) is 49.6 Å². The molecule has 8 heteroatoms. The molecule has 0 aromatic carbocycles. The molecule has 1 unspecified atom stereocenters. The Labute approximate surface area is 118 Å². The van der Waals surface area contributed by atoms with Crippen molar-refractivity contribution in [2.45, 2.75) is 18.9 Å². The van der Waals surface area contributed by atoms with Crippen LogP contribution in [0.15, 0.2) is 18.3 Å². The number of hydrogen-bond donors (Lipinski definition) is 2. The van der Waals surface area contributed by atoms with Crippen LogP contribution in [0.1, 0.15) is 23.3 Å². The summed E-state index contributed by atoms with van der Waals surface area (Å²) in [6.45, 7) is 0.915. The Morgan fingerprint density at radius 1 is 1.55 bits per heavy atom. The minimum atomic E-state index is -3.27. The number of nitrogen functional groups attached to an aromatic ring is 1. The van der Waals surface area contributed by atoms with Gasteiger partial charge in [0.15, 0.2) is 5.69 Å². The first-order chi connectivity index (χ1) is 9.37. The molecule has 0 radical (unpaired) electrons. The second-order valence-corrected chi connectivity index (χ2v) is 6.70. The van der Waals surface area contributed by atoms with Gasteiger partial charge in [-0.05, 0) is 25.0 Å². The molecule has 1 aromatic rings. The minimum absolute atomic E-state index is 0.215. The van der Waals surface area contributed by atoms with Crippen LogP contribution in [0.4, 0.5) is 5.69 Å². The predicted octanol–water partition coefficient (Wildman–Crippen LogP) is -0.182. The first kappa shape index (κ1) is 14.7. The Bertz CT molecular complexity index is 602. The molecule has 1 aromatic heterocycles. The van der Waals surface area contributed by atoms with Crippen molar-refractivity contribution in [3.63, 3.8) is 0 Å². The van der Waals surface area contributed by atoms with Crippen LogP contribution in [0.5, 0.6) is 0 Å². The van der Waals surface area contributed by atoms with Gasteiger partial charge < -0.3 is 10.6 Å². The van der Waals surface area contributed by atoms with Gasteiger partial charge >= 0.3 is 0 Å². The topological polar surface area (TPSA) is 105 Å². The molecule has 20 heavy (non-hydrogen) atoms. The molecule has 3 N–H and O–H groups in total. The summed E-state index contributed by atoms with van der Waals surface area (Å²) in [6.07, 6.45) is 4.09. The van der Waals surface area contributed by atoms with E-state index in [0.29, 0.717) is 25.2 Å². The third-order valence-electron chi connectivity index (χ3n) is 3.13. The molecule has 7 nitrogen and oxygen atoms in total. The first-order valence-electron chi connectivity index (χ1n) is 6.34. The maximum Gasteiger partial charge on any atom is 0.274 e. The Morgan fingerprint density at radius 3 is 2.95 bits per heavy atom. The smallest absolute Gasteiger partial charge is 0.274 e. The fraction of sp³-hybridized carbons (Fsp3) is 0.500. The van der Waals surface area contributed by atoms with Gasteiger partial charge in [-0.1, -0.05) is 0 Å². The number of hydrogen-bond acceptors (Lipinski definition) is 5. The summed E-state index contributed by atoms with van der Waals surface area (Å²) >= 11 is 0. The molecule has 1 amide bonds. The fourth-order valence-corrected chi connectivity index (χ4v) is 3.10. The number of carbonyl (C=O) groups is 1. The number of amides is 1. The van der Waals surface area contributed by atoms with Crippen molar-refractivity contribution in [2.24, 2.45) is 0 Å². The van der Waals surface area contributed by atoms with Crippen LogP contribution < -0.4 is 10.5 Å². The van der Waals surface area contributed by atoms with Crippen molar-refractivity contribution in [1.29, 1.82) is 0 Å². The lowest BCUT2D eigenvalue weighted by Crippen LogP contribution is -2.49. The monoisotopic (exact) mass is 298 g/mol. The van der Waals surface area contributed by atoms with Gasteiger partial charge in [0.1, 0.15) is 0 Å². The number of likely N-dealkylation sites (tertiary alicyclic amines) is 1. The van der Waals surface area contributed by atoms with E-state index in [9.17, 15) is 13.2 Å². The lowest BCUT2D eigenvalue weighted by Gasteiger charge is -2.32. The van der Waals surface area contributed by atoms with E-state index in [1.54, 1.807) is 17.0 Å². The van der Waals surface area contributed by atoms with Crippen molar-refractivity contribution in [3.05, 3.63) is 24.0 Å². The zero-order valence-electron chi connectivity index (χ0n) is 11.2. The standard InChI is InChI=1S/C12H18N4O3S/c1-20(18,19)15-9-4-3-7-16(8-9)12(17)11-10(13)5-2-6-14-11/h2,5-6,9,15H,3-4,7-8,13H2,1H3. The van der Waals surface area contributed by atoms with Gasteiger partial charge in [0, 0.05) is 25.3 Å². The number of piperidine rings is 1. The SMILES string of the molecule is CS(=O)(=O)NC1CCCN(C(=O)c2ncccc2N)C1. The number of rotatable bonds is 3. The first-order valence-corrected chi connectivity index (χ1v) is 8.23. The van der Waals surface area contributed by atoms with E-state index in [1.165, 1.54) is 6.20 Å². The molecule has 1 fully saturated rings. The third-order valence-corrected chi connectivity index (χ3v) is 3.89. The highest BCUT2D eigenvalue weighted by atomic mass is 32.2. The van der Waals surface area contributed by atoms with Gasteiger partial charge in [0.25, 0.3) is 5.91 Å². The molecule has 0 saturated carbocycles. The second-order valence-electron chi connectivity index (χ2n) is 4.92. The Morgan fingerprint density at radius 2 is 2.30 bits per heavy atom. The summed E-state index contributed by atoms with van der Waals surface area (Å²) in [4.78, 5) is 17.9. The molecule has 0 bridgehead atoms. The molecule has 1 atom stereocenters. The number of nitrogens with two attached hydrogens (primary N) is 1. The van der Waals surface area contributed by atoms with Crippen molar-refractivity contribution in [2.75, 3.05) is 25.1 Å². The molecule has 2 rings (SSSR count). The molecule has 0 aliphatic carbocycles. The largest absolute Gasteiger partial charge is 0.397 e. The van der Waals surface area contributed by atoms with E-state index >= 15 is 0 Å². The van der Waals surface area contributed by atoms with Gasteiger partial charge in [-0.15, -0.1) is 0 Å². The summed E-state index contributed by atoms with van der Waals surface area (Å²) in [5, 5.41) is 0. The van der Waals surface area contributed by atoms with E-state index in [2.05, 4.69) is 9.71 Å². The number of nitrogens with zero attached hydrogens (tertiary/aromatic N) is 2. The van der Waals surface area contributed by atoms with Crippen LogP contribution in [-0.2, 0) is 10.0 Å². The number of nitrogens with one attached hydrogen (secondary N) is 1. The molecule has 0 spiro atoms. The second kappa shape index (κ2) is 5.76. The zero-order valence-corrected chi connectivity index (χ0v) is 12.1. The molecule has 1 saturated heterocycles. The molecular weight excluding hydrogens is 280 g/mol. The van der Waals surface area contributed by atoms with E-state index in [-0.39, 0.29) is 17.6 Å². The van der Waals surface area contributed by atoms with Crippen LogP contribution in [0, 0.1) is 0 Å². The highest BCUT2D eigenvalue weighted by molar-refractivity contribution is 7.88. The van der Waals surface area contributed by atoms with Gasteiger partial charge in [0.2, 0.25) is 10.0 Å². The Balaban J connectivity index is 2.09. The summed E-state index contributed by atoms with van der Waals surface area (Å²) in [5.74, 6) is -0.261. The highest BCUT2D eigenvalue weighted by Gasteiger charge is 2.27. The Kier molecular flexibility index (Phi) is 4.24.